The van der Waals surface area contributed by atoms with Gasteiger partial charge in [-0.1, -0.05) is 13.8 Å². The number of hydrogen-bond acceptors (Lipinski definition) is 6. The lowest BCUT2D eigenvalue weighted by atomic mass is 10.1. The van der Waals surface area contributed by atoms with Crippen molar-refractivity contribution in [1.82, 2.24) is 4.98 Å². The van der Waals surface area contributed by atoms with Crippen molar-refractivity contribution in [2.75, 3.05) is 25.1 Å². The van der Waals surface area contributed by atoms with Crippen molar-refractivity contribution in [1.29, 1.82) is 5.26 Å². The van der Waals surface area contributed by atoms with Gasteiger partial charge in [0.2, 0.25) is 5.82 Å². The molecule has 0 atom stereocenters. The van der Waals surface area contributed by atoms with Gasteiger partial charge in [0.15, 0.2) is 0 Å². The first-order valence-electron chi connectivity index (χ1n) is 6.41. The smallest absolute Gasteiger partial charge is 0.328 e. The summed E-state index contributed by atoms with van der Waals surface area (Å²) >= 11 is 0. The second-order valence-corrected chi connectivity index (χ2v) is 4.65. The molecule has 1 rings (SSSR count). The topological polar surface area (TPSA) is 101 Å². The fourth-order valence-corrected chi connectivity index (χ4v) is 1.52. The van der Waals surface area contributed by atoms with E-state index in [1.807, 2.05) is 0 Å². The number of pyridine rings is 1. The third-order valence-corrected chi connectivity index (χ3v) is 2.61. The molecule has 0 aliphatic heterocycles. The second kappa shape index (κ2) is 8.07. The molecule has 1 aromatic rings. The van der Waals surface area contributed by atoms with E-state index >= 15 is 0 Å². The van der Waals surface area contributed by atoms with Crippen LogP contribution in [0.4, 0.5) is 11.5 Å². The molecule has 0 unspecified atom stereocenters. The second-order valence-electron chi connectivity index (χ2n) is 4.65. The maximum absolute atomic E-state index is 11.0. The number of nitriles is 1. The van der Waals surface area contributed by atoms with Crippen LogP contribution in [-0.4, -0.2) is 29.7 Å². The standard InChI is InChI=1S/C13H18N4O3/c1-10(2)4-7-20-8-6-16-13-12(17(18)19)11(9-14)3-5-15-13/h3,5,10H,4,6-8H2,1-2H3,(H,15,16). The maximum atomic E-state index is 11.0. The number of aromatic nitrogens is 1. The van der Waals surface area contributed by atoms with E-state index in [1.165, 1.54) is 12.3 Å². The van der Waals surface area contributed by atoms with Crippen LogP contribution in [0.1, 0.15) is 25.8 Å². The first-order valence-corrected chi connectivity index (χ1v) is 6.41. The van der Waals surface area contributed by atoms with Gasteiger partial charge in [-0.25, -0.2) is 4.98 Å². The maximum Gasteiger partial charge on any atom is 0.328 e. The quantitative estimate of drug-likeness (QED) is 0.445. The molecule has 20 heavy (non-hydrogen) atoms. The van der Waals surface area contributed by atoms with Crippen LogP contribution in [0.2, 0.25) is 0 Å². The van der Waals surface area contributed by atoms with Crippen molar-refractivity contribution in [2.24, 2.45) is 5.92 Å². The third-order valence-electron chi connectivity index (χ3n) is 2.61. The van der Waals surface area contributed by atoms with Gasteiger partial charge < -0.3 is 10.1 Å². The predicted octanol–water partition coefficient (Wildman–Crippen LogP) is 2.34. The molecule has 1 N–H and O–H groups in total. The largest absolute Gasteiger partial charge is 0.380 e. The summed E-state index contributed by atoms with van der Waals surface area (Å²) < 4.78 is 5.40. The summed E-state index contributed by atoms with van der Waals surface area (Å²) in [5, 5.41) is 22.6. The van der Waals surface area contributed by atoms with Gasteiger partial charge in [-0.3, -0.25) is 10.1 Å². The molecule has 0 aliphatic rings. The Kier molecular flexibility index (Phi) is 6.40. The summed E-state index contributed by atoms with van der Waals surface area (Å²) in [5.41, 5.74) is -0.301. The van der Waals surface area contributed by atoms with Gasteiger partial charge in [0.1, 0.15) is 11.6 Å². The monoisotopic (exact) mass is 278 g/mol. The number of rotatable bonds is 8. The Labute approximate surface area is 117 Å². The van der Waals surface area contributed by atoms with E-state index in [1.54, 1.807) is 6.07 Å². The Hall–Kier alpha value is -2.20. The lowest BCUT2D eigenvalue weighted by Crippen LogP contribution is -2.13. The first-order chi connectivity index (χ1) is 9.56. The molecule has 0 spiro atoms. The average Bonchev–Trinajstić information content (AvgIpc) is 2.41. The fraction of sp³-hybridized carbons (Fsp3) is 0.538. The Morgan fingerprint density at radius 2 is 2.30 bits per heavy atom. The van der Waals surface area contributed by atoms with Crippen LogP contribution in [0, 0.1) is 27.4 Å². The number of ether oxygens (including phenoxy) is 1. The van der Waals surface area contributed by atoms with Crippen molar-refractivity contribution < 1.29 is 9.66 Å². The molecular weight excluding hydrogens is 260 g/mol. The minimum Gasteiger partial charge on any atom is -0.380 e. The van der Waals surface area contributed by atoms with Crippen molar-refractivity contribution in [2.45, 2.75) is 20.3 Å². The number of nitro groups is 1. The van der Waals surface area contributed by atoms with Crippen LogP contribution in [0.3, 0.4) is 0 Å². The molecule has 0 saturated carbocycles. The normalized spacial score (nSPS) is 10.3. The van der Waals surface area contributed by atoms with Gasteiger partial charge in [-0.05, 0) is 18.4 Å². The highest BCUT2D eigenvalue weighted by molar-refractivity contribution is 5.63. The first kappa shape index (κ1) is 15.9. The zero-order valence-corrected chi connectivity index (χ0v) is 11.6. The van der Waals surface area contributed by atoms with Crippen molar-refractivity contribution >= 4 is 11.5 Å². The van der Waals surface area contributed by atoms with Gasteiger partial charge in [0, 0.05) is 19.3 Å². The predicted molar refractivity (Wildman–Crippen MR) is 74.4 cm³/mol. The molecule has 0 bridgehead atoms. The number of nitrogens with one attached hydrogen (secondary N) is 1. The van der Waals surface area contributed by atoms with E-state index in [-0.39, 0.29) is 17.1 Å². The lowest BCUT2D eigenvalue weighted by Gasteiger charge is -2.08. The number of nitrogens with zero attached hydrogens (tertiary/aromatic N) is 3. The van der Waals surface area contributed by atoms with E-state index in [0.717, 1.165) is 6.42 Å². The summed E-state index contributed by atoms with van der Waals surface area (Å²) in [6.07, 6.45) is 2.34. The molecule has 0 aromatic carbocycles. The Morgan fingerprint density at radius 1 is 1.55 bits per heavy atom. The van der Waals surface area contributed by atoms with Crippen molar-refractivity contribution in [3.63, 3.8) is 0 Å². The highest BCUT2D eigenvalue weighted by atomic mass is 16.6. The zero-order chi connectivity index (χ0) is 15.0. The molecule has 108 valence electrons. The van der Waals surface area contributed by atoms with Crippen LogP contribution in [0.25, 0.3) is 0 Å². The van der Waals surface area contributed by atoms with Gasteiger partial charge in [0.25, 0.3) is 0 Å². The van der Waals surface area contributed by atoms with Crippen molar-refractivity contribution in [3.05, 3.63) is 27.9 Å². The SMILES string of the molecule is CC(C)CCOCCNc1nccc(C#N)c1[N+](=O)[O-]. The zero-order valence-electron chi connectivity index (χ0n) is 11.6. The molecule has 0 radical (unpaired) electrons. The Bertz CT molecular complexity index is 497. The minimum atomic E-state index is -0.604. The molecule has 0 amide bonds. The van der Waals surface area contributed by atoms with E-state index in [9.17, 15) is 10.1 Å². The summed E-state index contributed by atoms with van der Waals surface area (Å²) in [7, 11) is 0. The van der Waals surface area contributed by atoms with Crippen LogP contribution in [0.15, 0.2) is 12.3 Å². The molecule has 0 fully saturated rings. The number of hydrogen-bond donors (Lipinski definition) is 1. The van der Waals surface area contributed by atoms with Gasteiger partial charge in [-0.2, -0.15) is 5.26 Å². The molecule has 7 heteroatoms. The summed E-state index contributed by atoms with van der Waals surface area (Å²) in [6.45, 7) is 5.72. The van der Waals surface area contributed by atoms with Gasteiger partial charge >= 0.3 is 5.69 Å². The van der Waals surface area contributed by atoms with E-state index in [2.05, 4.69) is 24.1 Å². The van der Waals surface area contributed by atoms with Crippen LogP contribution in [-0.2, 0) is 4.74 Å². The van der Waals surface area contributed by atoms with Gasteiger partial charge in [0.05, 0.1) is 11.5 Å². The van der Waals surface area contributed by atoms with Crippen LogP contribution < -0.4 is 5.32 Å². The summed E-state index contributed by atoms with van der Waals surface area (Å²) in [4.78, 5) is 14.2. The third kappa shape index (κ3) is 4.82. The fourth-order valence-electron chi connectivity index (χ4n) is 1.52. The van der Waals surface area contributed by atoms with Gasteiger partial charge in [-0.15, -0.1) is 0 Å². The van der Waals surface area contributed by atoms with Crippen molar-refractivity contribution in [3.8, 4) is 6.07 Å². The molecule has 1 aromatic heterocycles. The highest BCUT2D eigenvalue weighted by Gasteiger charge is 2.20. The van der Waals surface area contributed by atoms with E-state index < -0.39 is 4.92 Å². The molecule has 7 nitrogen and oxygen atoms in total. The average molecular weight is 278 g/mol. The molecular formula is C13H18N4O3. The lowest BCUT2D eigenvalue weighted by molar-refractivity contribution is -0.384. The minimum absolute atomic E-state index is 0.00627. The van der Waals surface area contributed by atoms with Crippen LogP contribution in [0.5, 0.6) is 0 Å². The van der Waals surface area contributed by atoms with E-state index in [4.69, 9.17) is 10.00 Å². The molecule has 0 aliphatic carbocycles. The molecule has 0 saturated heterocycles. The van der Waals surface area contributed by atoms with Crippen LogP contribution >= 0.6 is 0 Å². The Morgan fingerprint density at radius 3 is 2.90 bits per heavy atom. The van der Waals surface area contributed by atoms with E-state index in [0.29, 0.717) is 25.7 Å². The molecule has 1 heterocycles. The number of anilines is 1. The summed E-state index contributed by atoms with van der Waals surface area (Å²) in [6, 6.07) is 3.11. The Balaban J connectivity index is 2.52. The highest BCUT2D eigenvalue weighted by Crippen LogP contribution is 2.25. The summed E-state index contributed by atoms with van der Waals surface area (Å²) in [5.74, 6) is 0.680.